The summed E-state index contributed by atoms with van der Waals surface area (Å²) in [6.07, 6.45) is 2.70. The molecule has 4 aromatic carbocycles. The molecule has 0 saturated carbocycles. The molecular weight excluding hydrogens is 540 g/mol. The van der Waals surface area contributed by atoms with Crippen LogP contribution in [0.5, 0.6) is 0 Å². The molecule has 0 spiro atoms. The van der Waals surface area contributed by atoms with E-state index in [1.807, 2.05) is 72.8 Å². The lowest BCUT2D eigenvalue weighted by Gasteiger charge is -2.12. The molecule has 0 radical (unpaired) electrons. The number of aryl methyl sites for hydroxylation is 2. The van der Waals surface area contributed by atoms with Crippen molar-refractivity contribution in [3.05, 3.63) is 131 Å². The van der Waals surface area contributed by atoms with Crippen LogP contribution in [0.15, 0.2) is 114 Å². The molecule has 204 valence electrons. The first-order valence-corrected chi connectivity index (χ1v) is 15.5. The molecule has 5 nitrogen and oxygen atoms in total. The number of hydrogen-bond donors (Lipinski definition) is 0. The van der Waals surface area contributed by atoms with Crippen LogP contribution in [0, 0.1) is 0 Å². The highest BCUT2D eigenvalue weighted by Gasteiger charge is 2.21. The molecular formula is C33H31ClN2O3S. The van der Waals surface area contributed by atoms with Crippen LogP contribution >= 0.6 is 11.6 Å². The Labute approximate surface area is 240 Å². The van der Waals surface area contributed by atoms with E-state index in [0.717, 1.165) is 40.1 Å². The highest BCUT2D eigenvalue weighted by atomic mass is 35.5. The van der Waals surface area contributed by atoms with Gasteiger partial charge in [-0.3, -0.25) is 4.68 Å². The lowest BCUT2D eigenvalue weighted by molar-refractivity contribution is 0.122. The van der Waals surface area contributed by atoms with E-state index in [1.165, 1.54) is 11.8 Å². The number of nitrogens with zero attached hydrogens (tertiary/aromatic N) is 2. The Hall–Kier alpha value is -3.71. The zero-order chi connectivity index (χ0) is 28.0. The van der Waals surface area contributed by atoms with Gasteiger partial charge < -0.3 is 4.74 Å². The second-order valence-corrected chi connectivity index (χ2v) is 12.2. The van der Waals surface area contributed by atoms with Crippen molar-refractivity contribution < 1.29 is 13.2 Å². The largest absolute Gasteiger partial charge is 0.376 e. The van der Waals surface area contributed by atoms with E-state index in [9.17, 15) is 8.42 Å². The number of ether oxygens (including phenoxy) is 1. The Balaban J connectivity index is 1.54. The van der Waals surface area contributed by atoms with Crippen LogP contribution in [0.25, 0.3) is 22.4 Å². The number of benzene rings is 4. The number of halogens is 1. The van der Waals surface area contributed by atoms with Gasteiger partial charge in [-0.05, 0) is 47.4 Å². The summed E-state index contributed by atoms with van der Waals surface area (Å²) in [7, 11) is -3.31. The average Bonchev–Trinajstić information content (AvgIpc) is 3.33. The minimum absolute atomic E-state index is 0.280. The molecule has 5 aromatic rings. The molecule has 0 atom stereocenters. The van der Waals surface area contributed by atoms with Crippen LogP contribution < -0.4 is 0 Å². The van der Waals surface area contributed by atoms with Crippen molar-refractivity contribution >= 4 is 21.4 Å². The number of sulfone groups is 1. The van der Waals surface area contributed by atoms with E-state index < -0.39 is 9.84 Å². The van der Waals surface area contributed by atoms with Crippen molar-refractivity contribution in [1.29, 1.82) is 0 Å². The van der Waals surface area contributed by atoms with Gasteiger partial charge in [0, 0.05) is 41.1 Å². The van der Waals surface area contributed by atoms with Crippen LogP contribution in [0.3, 0.4) is 0 Å². The molecule has 5 rings (SSSR count). The SMILES string of the molecule is CS(=O)(=O)c1ccc(-c2nn(CCc3ccccc3)c(CCOCc3ccccc3)c2-c2ccc(Cl)cc2)cc1. The maximum Gasteiger partial charge on any atom is 0.175 e. The fourth-order valence-corrected chi connectivity index (χ4v) is 5.49. The number of aromatic nitrogens is 2. The number of rotatable bonds is 11. The Morgan fingerprint density at radius 2 is 1.35 bits per heavy atom. The van der Waals surface area contributed by atoms with Crippen molar-refractivity contribution in [1.82, 2.24) is 9.78 Å². The van der Waals surface area contributed by atoms with Crippen LogP contribution in [0.4, 0.5) is 0 Å². The molecule has 0 N–H and O–H groups in total. The van der Waals surface area contributed by atoms with Crippen molar-refractivity contribution in [3.63, 3.8) is 0 Å². The second kappa shape index (κ2) is 12.6. The van der Waals surface area contributed by atoms with Gasteiger partial charge in [0.25, 0.3) is 0 Å². The minimum Gasteiger partial charge on any atom is -0.376 e. The Kier molecular flexibility index (Phi) is 8.80. The van der Waals surface area contributed by atoms with Gasteiger partial charge in [-0.25, -0.2) is 8.42 Å². The van der Waals surface area contributed by atoms with Crippen molar-refractivity contribution in [2.24, 2.45) is 0 Å². The molecule has 0 aliphatic rings. The van der Waals surface area contributed by atoms with Gasteiger partial charge in [0.1, 0.15) is 5.69 Å². The van der Waals surface area contributed by atoms with E-state index in [0.29, 0.717) is 31.2 Å². The lowest BCUT2D eigenvalue weighted by atomic mass is 9.97. The molecule has 7 heteroatoms. The quantitative estimate of drug-likeness (QED) is 0.157. The monoisotopic (exact) mass is 570 g/mol. The van der Waals surface area contributed by atoms with Crippen LogP contribution in [-0.4, -0.2) is 31.1 Å². The predicted octanol–water partition coefficient (Wildman–Crippen LogP) is 7.28. The topological polar surface area (TPSA) is 61.2 Å². The first-order chi connectivity index (χ1) is 19.4. The normalized spacial score (nSPS) is 11.6. The fraction of sp³-hybridized carbons (Fsp3) is 0.182. The van der Waals surface area contributed by atoms with Crippen molar-refractivity contribution in [2.45, 2.75) is 30.9 Å². The summed E-state index contributed by atoms with van der Waals surface area (Å²) in [6, 6.07) is 35.2. The van der Waals surface area contributed by atoms with Gasteiger partial charge in [0.05, 0.1) is 18.1 Å². The summed E-state index contributed by atoms with van der Waals surface area (Å²) in [6.45, 7) is 1.76. The molecule has 0 saturated heterocycles. The third-order valence-corrected chi connectivity index (χ3v) is 8.18. The summed E-state index contributed by atoms with van der Waals surface area (Å²) in [5, 5.41) is 5.76. The van der Waals surface area contributed by atoms with Gasteiger partial charge in [-0.2, -0.15) is 5.10 Å². The van der Waals surface area contributed by atoms with Gasteiger partial charge in [0.2, 0.25) is 0 Å². The van der Waals surface area contributed by atoms with Crippen LogP contribution in [0.1, 0.15) is 16.8 Å². The Morgan fingerprint density at radius 1 is 0.750 bits per heavy atom. The first kappa shape index (κ1) is 27.8. The summed E-state index contributed by atoms with van der Waals surface area (Å²) in [4.78, 5) is 0.280. The zero-order valence-corrected chi connectivity index (χ0v) is 23.9. The Bertz CT molecular complexity index is 1650. The molecule has 0 amide bonds. The second-order valence-electron chi connectivity index (χ2n) is 9.72. The van der Waals surface area contributed by atoms with E-state index in [1.54, 1.807) is 12.1 Å². The molecule has 1 aromatic heterocycles. The van der Waals surface area contributed by atoms with E-state index in [2.05, 4.69) is 28.9 Å². The third kappa shape index (κ3) is 6.89. The summed E-state index contributed by atoms with van der Waals surface area (Å²) >= 11 is 6.24. The standard InChI is InChI=1S/C33H31ClN2O3S/c1-40(37,38)30-18-14-28(15-19-30)33-32(27-12-16-29(34)17-13-27)31(21-23-39-24-26-10-6-3-7-11-26)36(35-33)22-20-25-8-4-2-5-9-25/h2-19H,20-24H2,1H3. The van der Waals surface area contributed by atoms with Gasteiger partial charge in [0.15, 0.2) is 9.84 Å². The van der Waals surface area contributed by atoms with E-state index in [-0.39, 0.29) is 4.90 Å². The summed E-state index contributed by atoms with van der Waals surface area (Å²) < 4.78 is 32.3. The lowest BCUT2D eigenvalue weighted by Crippen LogP contribution is -2.10. The van der Waals surface area contributed by atoms with Crippen molar-refractivity contribution in [3.8, 4) is 22.4 Å². The molecule has 0 aliphatic heterocycles. The van der Waals surface area contributed by atoms with Crippen molar-refractivity contribution in [2.75, 3.05) is 12.9 Å². The van der Waals surface area contributed by atoms with Crippen LogP contribution in [0.2, 0.25) is 5.02 Å². The highest BCUT2D eigenvalue weighted by molar-refractivity contribution is 7.90. The Morgan fingerprint density at radius 3 is 1.98 bits per heavy atom. The fourth-order valence-electron chi connectivity index (χ4n) is 4.73. The van der Waals surface area contributed by atoms with Gasteiger partial charge >= 0.3 is 0 Å². The third-order valence-electron chi connectivity index (χ3n) is 6.80. The molecule has 0 fully saturated rings. The maximum atomic E-state index is 12.1. The minimum atomic E-state index is -3.31. The first-order valence-electron chi connectivity index (χ1n) is 13.2. The van der Waals surface area contributed by atoms with Gasteiger partial charge in [-0.15, -0.1) is 0 Å². The molecule has 0 unspecified atom stereocenters. The van der Waals surface area contributed by atoms with E-state index in [4.69, 9.17) is 21.4 Å². The zero-order valence-electron chi connectivity index (χ0n) is 22.3. The van der Waals surface area contributed by atoms with Crippen LogP contribution in [-0.2, 0) is 40.6 Å². The average molecular weight is 571 g/mol. The smallest absolute Gasteiger partial charge is 0.175 e. The number of hydrogen-bond acceptors (Lipinski definition) is 4. The van der Waals surface area contributed by atoms with Gasteiger partial charge in [-0.1, -0.05) is 96.5 Å². The summed E-state index contributed by atoms with van der Waals surface area (Å²) in [5.41, 5.74) is 7.07. The molecule has 0 bridgehead atoms. The maximum absolute atomic E-state index is 12.1. The molecule has 0 aliphatic carbocycles. The summed E-state index contributed by atoms with van der Waals surface area (Å²) in [5.74, 6) is 0. The molecule has 40 heavy (non-hydrogen) atoms. The molecule has 1 heterocycles. The van der Waals surface area contributed by atoms with E-state index >= 15 is 0 Å². The highest BCUT2D eigenvalue weighted by Crippen LogP contribution is 2.36. The predicted molar refractivity (Wildman–Crippen MR) is 161 cm³/mol.